The van der Waals surface area contributed by atoms with E-state index in [0.29, 0.717) is 31.9 Å². The van der Waals surface area contributed by atoms with Crippen LogP contribution in [0.25, 0.3) is 0 Å². The zero-order chi connectivity index (χ0) is 24.5. The van der Waals surface area contributed by atoms with Crippen LogP contribution in [0.15, 0.2) is 78.9 Å². The van der Waals surface area contributed by atoms with Gasteiger partial charge in [0.1, 0.15) is 17.5 Å². The quantitative estimate of drug-likeness (QED) is 0.555. The lowest BCUT2D eigenvalue weighted by molar-refractivity contribution is -0.184. The van der Waals surface area contributed by atoms with Crippen LogP contribution in [0.5, 0.6) is 5.75 Å². The summed E-state index contributed by atoms with van der Waals surface area (Å²) in [6.45, 7) is 6.43. The third-order valence-electron chi connectivity index (χ3n) is 7.45. The normalized spacial score (nSPS) is 18.1. The van der Waals surface area contributed by atoms with Crippen LogP contribution in [0.4, 0.5) is 0 Å². The summed E-state index contributed by atoms with van der Waals surface area (Å²) in [6.07, 6.45) is 1.71. The van der Waals surface area contributed by atoms with Crippen LogP contribution < -0.4 is 4.74 Å². The second-order valence-electron chi connectivity index (χ2n) is 10.2. The number of nitrogens with zero attached hydrogens (tertiary/aromatic N) is 1. The highest BCUT2D eigenvalue weighted by Crippen LogP contribution is 2.33. The number of rotatable bonds is 6. The minimum absolute atomic E-state index is 0.0272. The summed E-state index contributed by atoms with van der Waals surface area (Å²) in [7, 11) is 0. The highest BCUT2D eigenvalue weighted by atomic mass is 16.5. The smallest absolute Gasteiger partial charge is 0.253 e. The van der Waals surface area contributed by atoms with E-state index in [9.17, 15) is 9.90 Å². The molecule has 5 heteroatoms. The van der Waals surface area contributed by atoms with E-state index >= 15 is 0 Å². The fourth-order valence-electron chi connectivity index (χ4n) is 4.91. The highest BCUT2D eigenvalue weighted by molar-refractivity contribution is 5.94. The third kappa shape index (κ3) is 4.84. The number of carbonyl (C=O) groups is 1. The largest absolute Gasteiger partial charge is 0.490 e. The molecule has 5 rings (SSSR count). The van der Waals surface area contributed by atoms with Crippen molar-refractivity contribution in [2.24, 2.45) is 0 Å². The molecule has 2 saturated heterocycles. The van der Waals surface area contributed by atoms with Crippen LogP contribution in [-0.2, 0) is 15.8 Å². The number of carbonyl (C=O) groups excluding carboxylic acids is 1. The lowest BCUT2D eigenvalue weighted by atomic mass is 9.78. The zero-order valence-corrected chi connectivity index (χ0v) is 20.4. The molecule has 0 bridgehead atoms. The van der Waals surface area contributed by atoms with Gasteiger partial charge in [0, 0.05) is 36.9 Å². The highest BCUT2D eigenvalue weighted by Gasteiger charge is 2.38. The molecular formula is C30H33NO4. The van der Waals surface area contributed by atoms with E-state index in [1.54, 1.807) is 12.1 Å². The molecule has 0 saturated carbocycles. The number of ether oxygens (including phenoxy) is 2. The second kappa shape index (κ2) is 9.48. The van der Waals surface area contributed by atoms with Crippen molar-refractivity contribution in [3.63, 3.8) is 0 Å². The average Bonchev–Trinajstić information content (AvgIpc) is 2.88. The molecule has 3 aromatic rings. The van der Waals surface area contributed by atoms with Crippen LogP contribution in [-0.4, -0.2) is 48.3 Å². The van der Waals surface area contributed by atoms with Crippen molar-refractivity contribution in [3.8, 4) is 5.75 Å². The Morgan fingerprint density at radius 1 is 0.914 bits per heavy atom. The maximum Gasteiger partial charge on any atom is 0.253 e. The van der Waals surface area contributed by atoms with Gasteiger partial charge >= 0.3 is 0 Å². The average molecular weight is 472 g/mol. The summed E-state index contributed by atoms with van der Waals surface area (Å²) in [5.41, 5.74) is 2.99. The van der Waals surface area contributed by atoms with Crippen LogP contribution in [0.2, 0.25) is 0 Å². The van der Waals surface area contributed by atoms with Gasteiger partial charge in [-0.3, -0.25) is 4.79 Å². The van der Waals surface area contributed by atoms with E-state index in [1.807, 2.05) is 23.1 Å². The molecule has 35 heavy (non-hydrogen) atoms. The van der Waals surface area contributed by atoms with Crippen molar-refractivity contribution in [1.29, 1.82) is 0 Å². The summed E-state index contributed by atoms with van der Waals surface area (Å²) < 4.78 is 11.4. The summed E-state index contributed by atoms with van der Waals surface area (Å²) >= 11 is 0. The Morgan fingerprint density at radius 3 is 2.09 bits per heavy atom. The zero-order valence-electron chi connectivity index (χ0n) is 20.4. The van der Waals surface area contributed by atoms with Gasteiger partial charge in [0.2, 0.25) is 0 Å². The lowest BCUT2D eigenvalue weighted by Gasteiger charge is -2.37. The van der Waals surface area contributed by atoms with E-state index in [0.717, 1.165) is 24.2 Å². The maximum absolute atomic E-state index is 13.0. The third-order valence-corrected chi connectivity index (χ3v) is 7.45. The molecule has 182 valence electrons. The Bertz CT molecular complexity index is 1140. The maximum atomic E-state index is 13.0. The molecule has 0 atom stereocenters. The molecule has 0 aliphatic carbocycles. The summed E-state index contributed by atoms with van der Waals surface area (Å²) in [6, 6.07) is 26.2. The Hall–Kier alpha value is -3.15. The van der Waals surface area contributed by atoms with Crippen LogP contribution >= 0.6 is 0 Å². The molecule has 2 aliphatic heterocycles. The number of piperidine rings is 1. The van der Waals surface area contributed by atoms with Gasteiger partial charge in [0.15, 0.2) is 0 Å². The fraction of sp³-hybridized carbons (Fsp3) is 0.367. The minimum atomic E-state index is -0.910. The molecule has 3 aromatic carbocycles. The molecule has 0 unspecified atom stereocenters. The Balaban J connectivity index is 1.15. The van der Waals surface area contributed by atoms with Crippen molar-refractivity contribution in [2.75, 3.05) is 26.3 Å². The standard InChI is InChI=1S/C30H33NO4/c1-29(2,23-6-4-3-5-7-23)24-12-14-26(15-13-24)35-27-16-18-31(19-17-27)28(32)22-8-10-25(11-9-22)30(33)20-34-21-30/h3-15,27,33H,16-21H2,1-2H3. The number of likely N-dealkylation sites (tertiary alicyclic amines) is 1. The fourth-order valence-corrected chi connectivity index (χ4v) is 4.91. The van der Waals surface area contributed by atoms with Gasteiger partial charge in [0.25, 0.3) is 5.91 Å². The topological polar surface area (TPSA) is 59.0 Å². The summed E-state index contributed by atoms with van der Waals surface area (Å²) in [5, 5.41) is 10.4. The molecule has 0 radical (unpaired) electrons. The molecule has 2 fully saturated rings. The second-order valence-corrected chi connectivity index (χ2v) is 10.2. The summed E-state index contributed by atoms with van der Waals surface area (Å²) in [4.78, 5) is 14.8. The van der Waals surface area contributed by atoms with Gasteiger partial charge in [-0.05, 0) is 41.0 Å². The molecule has 1 N–H and O–H groups in total. The first-order valence-corrected chi connectivity index (χ1v) is 12.4. The van der Waals surface area contributed by atoms with Crippen LogP contribution in [0.1, 0.15) is 53.7 Å². The predicted molar refractivity (Wildman–Crippen MR) is 136 cm³/mol. The Morgan fingerprint density at radius 2 is 1.51 bits per heavy atom. The van der Waals surface area contributed by atoms with Crippen molar-refractivity contribution >= 4 is 5.91 Å². The van der Waals surface area contributed by atoms with Crippen LogP contribution in [0.3, 0.4) is 0 Å². The van der Waals surface area contributed by atoms with Crippen molar-refractivity contribution in [3.05, 3.63) is 101 Å². The van der Waals surface area contributed by atoms with E-state index in [2.05, 4.69) is 62.4 Å². The first kappa shape index (κ1) is 23.6. The Kier molecular flexibility index (Phi) is 6.39. The first-order chi connectivity index (χ1) is 16.8. The number of amides is 1. The molecule has 0 aromatic heterocycles. The number of hydrogen-bond acceptors (Lipinski definition) is 4. The molecule has 1 amide bonds. The Labute approximate surface area is 207 Å². The molecular weight excluding hydrogens is 438 g/mol. The SMILES string of the molecule is CC(C)(c1ccccc1)c1ccc(OC2CCN(C(=O)c3ccc(C4(O)COC4)cc3)CC2)cc1. The monoisotopic (exact) mass is 471 g/mol. The van der Waals surface area contributed by atoms with Crippen LogP contribution in [0, 0.1) is 0 Å². The van der Waals surface area contributed by atoms with E-state index in [-0.39, 0.29) is 17.4 Å². The van der Waals surface area contributed by atoms with E-state index < -0.39 is 5.60 Å². The number of hydrogen-bond donors (Lipinski definition) is 1. The van der Waals surface area contributed by atoms with Crippen molar-refractivity contribution in [1.82, 2.24) is 4.90 Å². The summed E-state index contributed by atoms with van der Waals surface area (Å²) in [5.74, 6) is 0.898. The van der Waals surface area contributed by atoms with Gasteiger partial charge < -0.3 is 19.5 Å². The van der Waals surface area contributed by atoms with Crippen molar-refractivity contribution < 1.29 is 19.4 Å². The minimum Gasteiger partial charge on any atom is -0.490 e. The molecule has 0 spiro atoms. The van der Waals surface area contributed by atoms with Gasteiger partial charge in [0.05, 0.1) is 13.2 Å². The molecule has 2 aliphatic rings. The van der Waals surface area contributed by atoms with E-state index in [1.165, 1.54) is 11.1 Å². The van der Waals surface area contributed by atoms with Gasteiger partial charge in [-0.25, -0.2) is 0 Å². The van der Waals surface area contributed by atoms with Gasteiger partial charge in [-0.2, -0.15) is 0 Å². The molecule has 2 heterocycles. The first-order valence-electron chi connectivity index (χ1n) is 12.4. The molecule has 5 nitrogen and oxygen atoms in total. The van der Waals surface area contributed by atoms with Gasteiger partial charge in [-0.1, -0.05) is 68.4 Å². The number of aliphatic hydroxyl groups is 1. The number of benzene rings is 3. The van der Waals surface area contributed by atoms with E-state index in [4.69, 9.17) is 9.47 Å². The lowest BCUT2D eigenvalue weighted by Crippen LogP contribution is -2.46. The van der Waals surface area contributed by atoms with Gasteiger partial charge in [-0.15, -0.1) is 0 Å². The van der Waals surface area contributed by atoms with Crippen molar-refractivity contribution in [2.45, 2.75) is 43.8 Å². The predicted octanol–water partition coefficient (Wildman–Crippen LogP) is 4.91.